The van der Waals surface area contributed by atoms with Gasteiger partial charge in [-0.3, -0.25) is 0 Å². The van der Waals surface area contributed by atoms with Crippen LogP contribution in [0.15, 0.2) is 227 Å². The predicted octanol–water partition coefficient (Wildman–Crippen LogP) is 16.5. The second-order valence-corrected chi connectivity index (χ2v) is 16.0. The van der Waals surface area contributed by atoms with Crippen LogP contribution in [0.2, 0.25) is 0 Å². The van der Waals surface area contributed by atoms with E-state index < -0.39 is 0 Å². The van der Waals surface area contributed by atoms with Crippen molar-refractivity contribution in [2.24, 2.45) is 0 Å². The van der Waals surface area contributed by atoms with Crippen LogP contribution in [0.3, 0.4) is 0 Å². The Bertz CT molecular complexity index is 3810. The highest BCUT2D eigenvalue weighted by Gasteiger charge is 2.21. The minimum absolute atomic E-state index is 0.850. The summed E-state index contributed by atoms with van der Waals surface area (Å²) < 4.78 is 15.6. The molecule has 290 valence electrons. The van der Waals surface area contributed by atoms with Crippen molar-refractivity contribution >= 4 is 93.5 Å². The Morgan fingerprint density at radius 3 is 1.73 bits per heavy atom. The van der Waals surface area contributed by atoms with Crippen molar-refractivity contribution in [3.05, 3.63) is 218 Å². The number of anilines is 3. The van der Waals surface area contributed by atoms with E-state index in [0.29, 0.717) is 0 Å². The number of benzene rings is 10. The molecule has 0 atom stereocenters. The molecule has 0 fully saturated rings. The molecule has 3 aromatic heterocycles. The van der Waals surface area contributed by atoms with Crippen LogP contribution in [0.5, 0.6) is 0 Å². The molecule has 4 heteroatoms. The summed E-state index contributed by atoms with van der Waals surface area (Å²) in [6, 6.07) is 77.9. The van der Waals surface area contributed by atoms with Crippen LogP contribution in [0.4, 0.5) is 17.1 Å². The normalized spacial score (nSPS) is 11.9. The van der Waals surface area contributed by atoms with E-state index in [1.54, 1.807) is 0 Å². The van der Waals surface area contributed by atoms with Crippen LogP contribution in [-0.4, -0.2) is 4.57 Å². The van der Waals surface area contributed by atoms with Gasteiger partial charge in [-0.05, 0) is 100 Å². The minimum Gasteiger partial charge on any atom is -0.455 e. The molecule has 13 rings (SSSR count). The van der Waals surface area contributed by atoms with Gasteiger partial charge in [-0.15, -0.1) is 0 Å². The number of nitrogens with zero attached hydrogens (tertiary/aromatic N) is 2. The standard InChI is InChI=1S/C58H36N2O2/c1-2-15-45-38(12-1)30-35-50-56-44(19-11-25-55(56)62-57(45)50)39-28-33-42(34-29-39)59(53-23-10-20-49-48-18-5-8-24-54(48)61-58(49)53)41-31-26-37(27-32-41)40-13-9-14-43(36-40)60-51-21-6-3-16-46(51)47-17-4-7-22-52(47)60/h1-36H. The Morgan fingerprint density at radius 2 is 0.952 bits per heavy atom. The van der Waals surface area contributed by atoms with E-state index in [4.69, 9.17) is 8.83 Å². The van der Waals surface area contributed by atoms with Gasteiger partial charge < -0.3 is 18.3 Å². The molecule has 3 heterocycles. The van der Waals surface area contributed by atoms with Crippen molar-refractivity contribution in [2.75, 3.05) is 4.90 Å². The van der Waals surface area contributed by atoms with Crippen LogP contribution in [0, 0.1) is 0 Å². The summed E-state index contributed by atoms with van der Waals surface area (Å²) in [5.74, 6) is 0. The maximum atomic E-state index is 6.66. The lowest BCUT2D eigenvalue weighted by Gasteiger charge is -2.26. The smallest absolute Gasteiger partial charge is 0.159 e. The number of fused-ring (bicyclic) bond motifs is 11. The summed E-state index contributed by atoms with van der Waals surface area (Å²) in [6.07, 6.45) is 0. The maximum Gasteiger partial charge on any atom is 0.159 e. The molecule has 0 saturated carbocycles. The van der Waals surface area contributed by atoms with E-state index in [0.717, 1.165) is 94.3 Å². The molecule has 0 N–H and O–H groups in total. The van der Waals surface area contributed by atoms with Gasteiger partial charge in [0.05, 0.1) is 16.7 Å². The van der Waals surface area contributed by atoms with E-state index in [2.05, 4.69) is 216 Å². The third-order valence-electron chi connectivity index (χ3n) is 12.6. The van der Waals surface area contributed by atoms with Crippen molar-refractivity contribution in [1.82, 2.24) is 4.57 Å². The first-order valence-electron chi connectivity index (χ1n) is 21.1. The molecule has 0 spiro atoms. The lowest BCUT2D eigenvalue weighted by Crippen LogP contribution is -2.10. The highest BCUT2D eigenvalue weighted by molar-refractivity contribution is 6.19. The average molecular weight is 793 g/mol. The van der Waals surface area contributed by atoms with Gasteiger partial charge in [0.15, 0.2) is 5.58 Å². The van der Waals surface area contributed by atoms with Gasteiger partial charge in [0, 0.05) is 54.8 Å². The van der Waals surface area contributed by atoms with Gasteiger partial charge in [0.2, 0.25) is 0 Å². The van der Waals surface area contributed by atoms with Crippen molar-refractivity contribution in [2.45, 2.75) is 0 Å². The lowest BCUT2D eigenvalue weighted by molar-refractivity contribution is 0.669. The Morgan fingerprint density at radius 1 is 0.355 bits per heavy atom. The number of furan rings is 2. The lowest BCUT2D eigenvalue weighted by atomic mass is 9.98. The number of aromatic nitrogens is 1. The summed E-state index contributed by atoms with van der Waals surface area (Å²) >= 11 is 0. The molecule has 0 aliphatic rings. The Balaban J connectivity index is 0.928. The van der Waals surface area contributed by atoms with Crippen molar-refractivity contribution in [3.8, 4) is 27.9 Å². The van der Waals surface area contributed by atoms with E-state index in [1.807, 2.05) is 12.1 Å². The van der Waals surface area contributed by atoms with Gasteiger partial charge >= 0.3 is 0 Å². The fraction of sp³-hybridized carbons (Fsp3) is 0. The average Bonchev–Trinajstić information content (AvgIpc) is 4.03. The molecule has 4 nitrogen and oxygen atoms in total. The first kappa shape index (κ1) is 34.5. The second kappa shape index (κ2) is 13.6. The predicted molar refractivity (Wildman–Crippen MR) is 258 cm³/mol. The molecule has 0 unspecified atom stereocenters. The first-order chi connectivity index (χ1) is 30.7. The zero-order valence-electron chi connectivity index (χ0n) is 33.5. The van der Waals surface area contributed by atoms with Crippen molar-refractivity contribution in [3.63, 3.8) is 0 Å². The maximum absolute atomic E-state index is 6.66. The summed E-state index contributed by atoms with van der Waals surface area (Å²) in [4.78, 5) is 2.31. The first-order valence-corrected chi connectivity index (χ1v) is 21.1. The van der Waals surface area contributed by atoms with Crippen molar-refractivity contribution < 1.29 is 8.83 Å². The fourth-order valence-corrected chi connectivity index (χ4v) is 9.75. The van der Waals surface area contributed by atoms with Gasteiger partial charge in [0.1, 0.15) is 16.7 Å². The zero-order valence-corrected chi connectivity index (χ0v) is 33.5. The number of hydrogen-bond acceptors (Lipinski definition) is 3. The fourth-order valence-electron chi connectivity index (χ4n) is 9.75. The summed E-state index contributed by atoms with van der Waals surface area (Å²) in [7, 11) is 0. The quantitative estimate of drug-likeness (QED) is 0.168. The van der Waals surface area contributed by atoms with Crippen LogP contribution < -0.4 is 4.90 Å². The Hall–Kier alpha value is -8.34. The summed E-state index contributed by atoms with van der Waals surface area (Å²) in [6.45, 7) is 0. The highest BCUT2D eigenvalue weighted by Crippen LogP contribution is 2.45. The molecule has 62 heavy (non-hydrogen) atoms. The SMILES string of the molecule is c1cc(-c2ccc(N(c3ccc(-c4cccc5oc6c7ccccc7ccc6c45)cc3)c3cccc4c3oc3ccccc34)cc2)cc(-n2c3ccccc3c3ccccc32)c1. The van der Waals surface area contributed by atoms with E-state index >= 15 is 0 Å². The van der Waals surface area contributed by atoms with Crippen molar-refractivity contribution in [1.29, 1.82) is 0 Å². The third-order valence-corrected chi connectivity index (χ3v) is 12.6. The third kappa shape index (κ3) is 5.27. The number of rotatable bonds is 6. The monoisotopic (exact) mass is 792 g/mol. The largest absolute Gasteiger partial charge is 0.455 e. The van der Waals surface area contributed by atoms with Gasteiger partial charge in [-0.2, -0.15) is 0 Å². The molecule has 0 amide bonds. The molecule has 0 saturated heterocycles. The Labute approximate surface area is 356 Å². The molecule has 0 bridgehead atoms. The van der Waals surface area contributed by atoms with Crippen LogP contribution in [0.25, 0.3) is 104 Å². The van der Waals surface area contributed by atoms with E-state index in [1.165, 1.54) is 27.2 Å². The number of hydrogen-bond donors (Lipinski definition) is 0. The molecule has 0 aliphatic carbocycles. The van der Waals surface area contributed by atoms with Crippen LogP contribution >= 0.6 is 0 Å². The Kier molecular flexibility index (Phi) is 7.57. The number of para-hydroxylation sites is 4. The van der Waals surface area contributed by atoms with E-state index in [-0.39, 0.29) is 0 Å². The molecule has 13 aromatic rings. The molecular formula is C58H36N2O2. The van der Waals surface area contributed by atoms with Crippen LogP contribution in [-0.2, 0) is 0 Å². The topological polar surface area (TPSA) is 34.5 Å². The van der Waals surface area contributed by atoms with Gasteiger partial charge in [0.25, 0.3) is 0 Å². The van der Waals surface area contributed by atoms with Gasteiger partial charge in [-0.25, -0.2) is 0 Å². The summed E-state index contributed by atoms with van der Waals surface area (Å²) in [5.41, 5.74) is 14.7. The van der Waals surface area contributed by atoms with Crippen LogP contribution in [0.1, 0.15) is 0 Å². The molecule has 10 aromatic carbocycles. The molecule has 0 radical (unpaired) electrons. The van der Waals surface area contributed by atoms with E-state index in [9.17, 15) is 0 Å². The minimum atomic E-state index is 0.850. The van der Waals surface area contributed by atoms with Gasteiger partial charge in [-0.1, -0.05) is 146 Å². The molecule has 0 aliphatic heterocycles. The zero-order chi connectivity index (χ0) is 40.7. The highest BCUT2D eigenvalue weighted by atomic mass is 16.3. The summed E-state index contributed by atoms with van der Waals surface area (Å²) in [5, 5.41) is 9.25. The second-order valence-electron chi connectivity index (χ2n) is 16.0. The molecular weight excluding hydrogens is 757 g/mol.